The first kappa shape index (κ1) is 14.6. The highest BCUT2D eigenvalue weighted by Crippen LogP contribution is 2.12. The molecule has 2 nitrogen and oxygen atoms in total. The molecule has 0 radical (unpaired) electrons. The molecule has 0 spiro atoms. The number of hydrogen-bond acceptors (Lipinski definition) is 2. The van der Waals surface area contributed by atoms with Crippen LogP contribution in [-0.2, 0) is 0 Å². The minimum absolute atomic E-state index is 0.141. The predicted molar refractivity (Wildman–Crippen MR) is 74.2 cm³/mol. The zero-order chi connectivity index (χ0) is 13.4. The Labute approximate surface area is 109 Å². The van der Waals surface area contributed by atoms with E-state index in [9.17, 15) is 9.59 Å². The van der Waals surface area contributed by atoms with Gasteiger partial charge in [0.1, 0.15) is 0 Å². The van der Waals surface area contributed by atoms with Crippen LogP contribution in [0, 0.1) is 0 Å². The molecular weight excluding hydrogens is 224 g/mol. The van der Waals surface area contributed by atoms with Gasteiger partial charge in [-0.2, -0.15) is 0 Å². The van der Waals surface area contributed by atoms with E-state index in [4.69, 9.17) is 0 Å². The fraction of sp³-hybridized carbons (Fsp3) is 0.500. The van der Waals surface area contributed by atoms with Crippen LogP contribution in [0.2, 0.25) is 0 Å². The molecule has 1 aromatic rings. The minimum atomic E-state index is 0.141. The van der Waals surface area contributed by atoms with Crippen LogP contribution >= 0.6 is 0 Å². The van der Waals surface area contributed by atoms with Crippen molar-refractivity contribution in [3.63, 3.8) is 0 Å². The summed E-state index contributed by atoms with van der Waals surface area (Å²) >= 11 is 0. The molecule has 0 saturated heterocycles. The predicted octanol–water partition coefficient (Wildman–Crippen LogP) is 4.43. The maximum atomic E-state index is 11.9. The van der Waals surface area contributed by atoms with Crippen LogP contribution in [0.25, 0.3) is 0 Å². The first-order chi connectivity index (χ1) is 8.69. The van der Waals surface area contributed by atoms with E-state index in [2.05, 4.69) is 13.8 Å². The van der Waals surface area contributed by atoms with Gasteiger partial charge in [0.05, 0.1) is 0 Å². The summed E-state index contributed by atoms with van der Waals surface area (Å²) in [6.45, 7) is 4.13. The number of Topliss-reactive ketones (excluding diaryl/α,β-unsaturated/α-hetero) is 2. The van der Waals surface area contributed by atoms with Crippen LogP contribution in [0.1, 0.15) is 73.1 Å². The third-order valence-corrected chi connectivity index (χ3v) is 3.02. The monoisotopic (exact) mass is 246 g/mol. The van der Waals surface area contributed by atoms with E-state index < -0.39 is 0 Å². The number of ketones is 2. The third-order valence-electron chi connectivity index (χ3n) is 3.02. The Kier molecular flexibility index (Phi) is 6.34. The van der Waals surface area contributed by atoms with Gasteiger partial charge in [0.15, 0.2) is 11.6 Å². The van der Waals surface area contributed by atoms with Crippen LogP contribution < -0.4 is 0 Å². The fourth-order valence-electron chi connectivity index (χ4n) is 1.83. The van der Waals surface area contributed by atoms with E-state index in [0.717, 1.165) is 25.7 Å². The minimum Gasteiger partial charge on any atom is -0.294 e. The van der Waals surface area contributed by atoms with E-state index in [1.165, 1.54) is 0 Å². The van der Waals surface area contributed by atoms with Crippen LogP contribution in [0.15, 0.2) is 24.3 Å². The van der Waals surface area contributed by atoms with E-state index in [1.54, 1.807) is 24.3 Å². The van der Waals surface area contributed by atoms with Gasteiger partial charge in [0.25, 0.3) is 0 Å². The van der Waals surface area contributed by atoms with Gasteiger partial charge in [0, 0.05) is 24.0 Å². The number of hydrogen-bond donors (Lipinski definition) is 0. The lowest BCUT2D eigenvalue weighted by Gasteiger charge is -2.04. The van der Waals surface area contributed by atoms with Crippen molar-refractivity contribution in [1.29, 1.82) is 0 Å². The van der Waals surface area contributed by atoms with E-state index in [1.807, 2.05) is 0 Å². The summed E-state index contributed by atoms with van der Waals surface area (Å²) in [5.74, 6) is 0.281. The van der Waals surface area contributed by atoms with Gasteiger partial charge in [-0.15, -0.1) is 0 Å². The van der Waals surface area contributed by atoms with Gasteiger partial charge in [-0.25, -0.2) is 0 Å². The summed E-state index contributed by atoms with van der Waals surface area (Å²) in [4.78, 5) is 23.8. The normalized spacial score (nSPS) is 10.3. The first-order valence-electron chi connectivity index (χ1n) is 6.85. The molecule has 0 heterocycles. The van der Waals surface area contributed by atoms with Crippen molar-refractivity contribution in [3.8, 4) is 0 Å². The van der Waals surface area contributed by atoms with Gasteiger partial charge in [0.2, 0.25) is 0 Å². The Balaban J connectivity index is 2.72. The van der Waals surface area contributed by atoms with Gasteiger partial charge >= 0.3 is 0 Å². The number of unbranched alkanes of at least 4 members (excludes halogenated alkanes) is 2. The molecule has 1 rings (SSSR count). The quantitative estimate of drug-likeness (QED) is 0.636. The molecule has 0 aromatic heterocycles. The maximum Gasteiger partial charge on any atom is 0.162 e. The average molecular weight is 246 g/mol. The molecule has 18 heavy (non-hydrogen) atoms. The summed E-state index contributed by atoms with van der Waals surface area (Å²) in [6.07, 6.45) is 4.99. The highest BCUT2D eigenvalue weighted by atomic mass is 16.1. The molecule has 0 N–H and O–H groups in total. The van der Waals surface area contributed by atoms with Crippen molar-refractivity contribution in [1.82, 2.24) is 0 Å². The molecule has 1 aromatic carbocycles. The van der Waals surface area contributed by atoms with Gasteiger partial charge < -0.3 is 0 Å². The molecule has 0 unspecified atom stereocenters. The summed E-state index contributed by atoms with van der Waals surface area (Å²) in [5.41, 5.74) is 1.34. The Hall–Kier alpha value is -1.44. The van der Waals surface area contributed by atoms with Gasteiger partial charge in [-0.3, -0.25) is 9.59 Å². The van der Waals surface area contributed by atoms with Crippen molar-refractivity contribution in [3.05, 3.63) is 35.4 Å². The van der Waals surface area contributed by atoms with Gasteiger partial charge in [-0.05, 0) is 18.9 Å². The third kappa shape index (κ3) is 4.44. The second kappa shape index (κ2) is 7.80. The molecule has 98 valence electrons. The molecule has 0 aliphatic heterocycles. The smallest absolute Gasteiger partial charge is 0.162 e. The largest absolute Gasteiger partial charge is 0.294 e. The highest BCUT2D eigenvalue weighted by Gasteiger charge is 2.09. The van der Waals surface area contributed by atoms with Crippen molar-refractivity contribution in [2.45, 2.75) is 52.4 Å². The highest BCUT2D eigenvalue weighted by molar-refractivity contribution is 6.01. The molecule has 0 fully saturated rings. The molecule has 0 aliphatic rings. The summed E-state index contributed by atoms with van der Waals surface area (Å²) in [7, 11) is 0. The Morgan fingerprint density at radius 3 is 1.72 bits per heavy atom. The molecule has 0 aliphatic carbocycles. The lowest BCUT2D eigenvalue weighted by molar-refractivity contribution is 0.0979. The second-order valence-corrected chi connectivity index (χ2v) is 4.63. The number of rotatable bonds is 8. The average Bonchev–Trinajstić information content (AvgIpc) is 2.42. The molecule has 0 saturated carbocycles. The molecule has 0 bridgehead atoms. The Bertz CT molecular complexity index is 372. The van der Waals surface area contributed by atoms with Crippen LogP contribution in [0.4, 0.5) is 0 Å². The van der Waals surface area contributed by atoms with Crippen molar-refractivity contribution >= 4 is 11.6 Å². The number of benzene rings is 1. The molecule has 0 amide bonds. The topological polar surface area (TPSA) is 34.1 Å². The number of carbonyl (C=O) groups excluding carboxylic acids is 2. The summed E-state index contributed by atoms with van der Waals surface area (Å²) in [6, 6.07) is 7.15. The molecule has 0 atom stereocenters. The van der Waals surface area contributed by atoms with Gasteiger partial charge in [-0.1, -0.05) is 44.9 Å². The summed E-state index contributed by atoms with van der Waals surface area (Å²) in [5, 5.41) is 0. The fourth-order valence-corrected chi connectivity index (χ4v) is 1.83. The number of carbonyl (C=O) groups is 2. The SMILES string of the molecule is CCCCC(=O)c1cccc(C(=O)CCCC)c1. The maximum absolute atomic E-state index is 11.9. The van der Waals surface area contributed by atoms with Crippen molar-refractivity contribution in [2.75, 3.05) is 0 Å². The van der Waals surface area contributed by atoms with Crippen LogP contribution in [0.3, 0.4) is 0 Å². The standard InChI is InChI=1S/C16H22O2/c1-3-5-10-15(17)13-8-7-9-14(12-13)16(18)11-6-4-2/h7-9,12H,3-6,10-11H2,1-2H3. The van der Waals surface area contributed by atoms with E-state index >= 15 is 0 Å². The summed E-state index contributed by atoms with van der Waals surface area (Å²) < 4.78 is 0. The van der Waals surface area contributed by atoms with Crippen molar-refractivity contribution in [2.24, 2.45) is 0 Å². The van der Waals surface area contributed by atoms with Crippen molar-refractivity contribution < 1.29 is 9.59 Å². The zero-order valence-electron chi connectivity index (χ0n) is 11.4. The molecule has 2 heteroatoms. The lowest BCUT2D eigenvalue weighted by Crippen LogP contribution is -2.03. The zero-order valence-corrected chi connectivity index (χ0v) is 11.4. The lowest BCUT2D eigenvalue weighted by atomic mass is 9.99. The van der Waals surface area contributed by atoms with E-state index in [-0.39, 0.29) is 11.6 Å². The first-order valence-corrected chi connectivity index (χ1v) is 6.85. The Morgan fingerprint density at radius 1 is 0.889 bits per heavy atom. The molecular formula is C16H22O2. The second-order valence-electron chi connectivity index (χ2n) is 4.63. The van der Waals surface area contributed by atoms with Crippen LogP contribution in [-0.4, -0.2) is 11.6 Å². The van der Waals surface area contributed by atoms with E-state index in [0.29, 0.717) is 24.0 Å². The Morgan fingerprint density at radius 2 is 1.33 bits per heavy atom. The van der Waals surface area contributed by atoms with Crippen LogP contribution in [0.5, 0.6) is 0 Å².